The second kappa shape index (κ2) is 5.32. The Morgan fingerprint density at radius 3 is 2.45 bits per heavy atom. The van der Waals surface area contributed by atoms with E-state index in [4.69, 9.17) is 9.84 Å². The molecule has 0 amide bonds. The Labute approximate surface area is 114 Å². The second-order valence-corrected chi connectivity index (χ2v) is 4.66. The van der Waals surface area contributed by atoms with Crippen molar-refractivity contribution in [1.29, 1.82) is 0 Å². The van der Waals surface area contributed by atoms with Crippen LogP contribution >= 0.6 is 0 Å². The van der Waals surface area contributed by atoms with Gasteiger partial charge in [0, 0.05) is 13.1 Å². The van der Waals surface area contributed by atoms with Gasteiger partial charge in [-0.15, -0.1) is 0 Å². The minimum Gasteiger partial charge on any atom is -0.490 e. The monoisotopic (exact) mass is 286 g/mol. The Morgan fingerprint density at radius 1 is 1.50 bits per heavy atom. The molecule has 0 saturated carbocycles. The predicted octanol–water partition coefficient (Wildman–Crippen LogP) is 2.04. The van der Waals surface area contributed by atoms with Crippen LogP contribution in [0.5, 0.6) is 5.75 Å². The van der Waals surface area contributed by atoms with E-state index in [0.29, 0.717) is 6.07 Å². The summed E-state index contributed by atoms with van der Waals surface area (Å²) in [4.78, 5) is 22.4. The summed E-state index contributed by atoms with van der Waals surface area (Å²) in [5.41, 5.74) is -2.00. The van der Waals surface area contributed by atoms with Crippen molar-refractivity contribution in [3.63, 3.8) is 0 Å². The first kappa shape index (κ1) is 15.7. The fourth-order valence-corrected chi connectivity index (χ4v) is 1.54. The van der Waals surface area contributed by atoms with Gasteiger partial charge in [-0.05, 0) is 13.8 Å². The molecule has 0 aromatic heterocycles. The van der Waals surface area contributed by atoms with Gasteiger partial charge in [0.25, 0.3) is 0 Å². The number of nitro benzene ring substituents is 1. The molecule has 0 atom stereocenters. The molecule has 0 saturated heterocycles. The van der Waals surface area contributed by atoms with Gasteiger partial charge < -0.3 is 14.7 Å². The van der Waals surface area contributed by atoms with Gasteiger partial charge in [0.2, 0.25) is 0 Å². The van der Waals surface area contributed by atoms with Crippen molar-refractivity contribution >= 4 is 17.3 Å². The van der Waals surface area contributed by atoms with Crippen molar-refractivity contribution in [2.75, 3.05) is 19.1 Å². The van der Waals surface area contributed by atoms with E-state index in [-0.39, 0.29) is 11.4 Å². The van der Waals surface area contributed by atoms with Crippen molar-refractivity contribution in [1.82, 2.24) is 0 Å². The molecule has 8 heteroatoms. The number of nitro groups is 1. The van der Waals surface area contributed by atoms with Gasteiger partial charge in [-0.2, -0.15) is 0 Å². The number of methoxy groups -OCH3 is 1. The average molecular weight is 286 g/mol. The van der Waals surface area contributed by atoms with E-state index < -0.39 is 27.9 Å². The number of hydrogen-bond donors (Lipinski definition) is 1. The van der Waals surface area contributed by atoms with Gasteiger partial charge in [-0.1, -0.05) is 0 Å². The molecular formula is C12H15FN2O5. The SMILES string of the molecule is COc1cc(N(C)C(C)(C)C(=O)O)c(F)cc1[N+](=O)[O-]. The highest BCUT2D eigenvalue weighted by Gasteiger charge is 2.34. The van der Waals surface area contributed by atoms with Crippen LogP contribution in [0.3, 0.4) is 0 Å². The number of carboxylic acids is 1. The van der Waals surface area contributed by atoms with Crippen molar-refractivity contribution in [3.8, 4) is 5.75 Å². The van der Waals surface area contributed by atoms with Crippen molar-refractivity contribution in [2.45, 2.75) is 19.4 Å². The van der Waals surface area contributed by atoms with E-state index in [1.165, 1.54) is 32.9 Å². The predicted molar refractivity (Wildman–Crippen MR) is 69.7 cm³/mol. The first-order valence-corrected chi connectivity index (χ1v) is 5.62. The molecule has 110 valence electrons. The van der Waals surface area contributed by atoms with Crippen molar-refractivity contribution in [3.05, 3.63) is 28.1 Å². The van der Waals surface area contributed by atoms with Crippen LogP contribution in [0.4, 0.5) is 15.8 Å². The summed E-state index contributed by atoms with van der Waals surface area (Å²) in [5.74, 6) is -2.19. The molecule has 20 heavy (non-hydrogen) atoms. The highest BCUT2D eigenvalue weighted by atomic mass is 19.1. The number of anilines is 1. The van der Waals surface area contributed by atoms with Crippen LogP contribution in [0.15, 0.2) is 12.1 Å². The van der Waals surface area contributed by atoms with E-state index in [1.54, 1.807) is 0 Å². The zero-order valence-corrected chi connectivity index (χ0v) is 11.5. The number of carbonyl (C=O) groups is 1. The van der Waals surface area contributed by atoms with Crippen LogP contribution in [0, 0.1) is 15.9 Å². The molecule has 7 nitrogen and oxygen atoms in total. The molecule has 1 N–H and O–H groups in total. The van der Waals surface area contributed by atoms with Gasteiger partial charge >= 0.3 is 11.7 Å². The van der Waals surface area contributed by atoms with Crippen molar-refractivity contribution < 1.29 is 24.0 Å². The highest BCUT2D eigenvalue weighted by molar-refractivity contribution is 5.82. The largest absolute Gasteiger partial charge is 0.490 e. The molecule has 0 fully saturated rings. The molecule has 0 aliphatic heterocycles. The summed E-state index contributed by atoms with van der Waals surface area (Å²) in [7, 11) is 2.60. The number of carboxylic acid groups (broad SMARTS) is 1. The first-order chi connectivity index (χ1) is 9.12. The summed E-state index contributed by atoms with van der Waals surface area (Å²) in [6.45, 7) is 2.78. The summed E-state index contributed by atoms with van der Waals surface area (Å²) < 4.78 is 18.8. The molecule has 1 rings (SSSR count). The maximum Gasteiger partial charge on any atom is 0.328 e. The topological polar surface area (TPSA) is 92.9 Å². The Hall–Kier alpha value is -2.38. The Balaban J connectivity index is 3.40. The number of likely N-dealkylation sites (N-methyl/N-ethyl adjacent to an activating group) is 1. The number of rotatable bonds is 5. The zero-order chi connectivity index (χ0) is 15.7. The van der Waals surface area contributed by atoms with Crippen LogP contribution in [0.1, 0.15) is 13.8 Å². The van der Waals surface area contributed by atoms with Gasteiger partial charge in [-0.3, -0.25) is 10.1 Å². The van der Waals surface area contributed by atoms with E-state index >= 15 is 0 Å². The summed E-state index contributed by atoms with van der Waals surface area (Å²) in [6.07, 6.45) is 0. The third-order valence-corrected chi connectivity index (χ3v) is 3.17. The van der Waals surface area contributed by atoms with Crippen LogP contribution in [-0.2, 0) is 4.79 Å². The minimum absolute atomic E-state index is 0.0974. The van der Waals surface area contributed by atoms with Crippen LogP contribution in [0.2, 0.25) is 0 Å². The Kier molecular flexibility index (Phi) is 4.17. The maximum atomic E-state index is 14.0. The number of halogens is 1. The lowest BCUT2D eigenvalue weighted by atomic mass is 10.0. The molecule has 0 radical (unpaired) electrons. The quantitative estimate of drug-likeness (QED) is 0.657. The van der Waals surface area contributed by atoms with E-state index in [9.17, 15) is 19.3 Å². The number of hydrogen-bond acceptors (Lipinski definition) is 5. The number of benzene rings is 1. The lowest BCUT2D eigenvalue weighted by Crippen LogP contribution is -2.48. The molecule has 1 aromatic rings. The number of aliphatic carboxylic acids is 1. The number of ether oxygens (including phenoxy) is 1. The van der Waals surface area contributed by atoms with Crippen LogP contribution in [0.25, 0.3) is 0 Å². The normalized spacial score (nSPS) is 11.1. The molecule has 0 aliphatic rings. The first-order valence-electron chi connectivity index (χ1n) is 5.62. The average Bonchev–Trinajstić information content (AvgIpc) is 2.37. The van der Waals surface area contributed by atoms with E-state index in [1.807, 2.05) is 0 Å². The van der Waals surface area contributed by atoms with Gasteiger partial charge in [0.05, 0.1) is 23.8 Å². The molecule has 0 aliphatic carbocycles. The fourth-order valence-electron chi connectivity index (χ4n) is 1.54. The van der Waals surface area contributed by atoms with E-state index in [2.05, 4.69) is 0 Å². The van der Waals surface area contributed by atoms with Gasteiger partial charge in [0.1, 0.15) is 5.54 Å². The molecule has 0 unspecified atom stereocenters. The van der Waals surface area contributed by atoms with Crippen molar-refractivity contribution in [2.24, 2.45) is 0 Å². The standard InChI is InChI=1S/C12H15FN2O5/c1-12(2,11(16)17)14(3)8-6-10(20-4)9(15(18)19)5-7(8)13/h5-6H,1-4H3,(H,16,17). The molecule has 0 spiro atoms. The Morgan fingerprint density at radius 2 is 2.05 bits per heavy atom. The molecule has 1 aromatic carbocycles. The molecule has 0 bridgehead atoms. The lowest BCUT2D eigenvalue weighted by Gasteiger charge is -2.33. The van der Waals surface area contributed by atoms with Crippen LogP contribution < -0.4 is 9.64 Å². The van der Waals surface area contributed by atoms with Gasteiger partial charge in [-0.25, -0.2) is 9.18 Å². The summed E-state index contributed by atoms with van der Waals surface area (Å²) in [6, 6.07) is 1.82. The lowest BCUT2D eigenvalue weighted by molar-refractivity contribution is -0.385. The smallest absolute Gasteiger partial charge is 0.328 e. The minimum atomic E-state index is -1.39. The Bertz CT molecular complexity index is 559. The molecule has 0 heterocycles. The third-order valence-electron chi connectivity index (χ3n) is 3.17. The van der Waals surface area contributed by atoms with Gasteiger partial charge in [0.15, 0.2) is 11.6 Å². The maximum absolute atomic E-state index is 14.0. The number of nitrogens with zero attached hydrogens (tertiary/aromatic N) is 2. The summed E-state index contributed by atoms with van der Waals surface area (Å²) in [5, 5.41) is 19.9. The summed E-state index contributed by atoms with van der Waals surface area (Å²) >= 11 is 0. The third kappa shape index (κ3) is 2.63. The highest BCUT2D eigenvalue weighted by Crippen LogP contribution is 2.35. The second-order valence-electron chi connectivity index (χ2n) is 4.66. The van der Waals surface area contributed by atoms with Crippen LogP contribution in [-0.4, -0.2) is 35.7 Å². The zero-order valence-electron chi connectivity index (χ0n) is 11.5. The fraction of sp³-hybridized carbons (Fsp3) is 0.417. The molecular weight excluding hydrogens is 271 g/mol. The van der Waals surface area contributed by atoms with E-state index in [0.717, 1.165) is 6.07 Å².